The molecule has 2 heterocycles. The Morgan fingerprint density at radius 2 is 2.30 bits per heavy atom. The zero-order chi connectivity index (χ0) is 14.7. The van der Waals surface area contributed by atoms with Crippen LogP contribution in [0.4, 0.5) is 0 Å². The Morgan fingerprint density at radius 1 is 1.60 bits per heavy atom. The monoisotopic (exact) mass is 280 g/mol. The van der Waals surface area contributed by atoms with Crippen molar-refractivity contribution in [1.82, 2.24) is 30.5 Å². The molecular formula is C12H20N6O2. The summed E-state index contributed by atoms with van der Waals surface area (Å²) in [6, 6.07) is -0.322. The first-order valence-electron chi connectivity index (χ1n) is 6.71. The van der Waals surface area contributed by atoms with Gasteiger partial charge in [0.15, 0.2) is 5.69 Å². The van der Waals surface area contributed by atoms with Gasteiger partial charge in [0.2, 0.25) is 5.91 Å². The van der Waals surface area contributed by atoms with Crippen LogP contribution in [-0.2, 0) is 4.79 Å². The van der Waals surface area contributed by atoms with Crippen LogP contribution in [0.2, 0.25) is 0 Å². The number of carbonyl (C=O) groups excluding carboxylic acids is 2. The lowest BCUT2D eigenvalue weighted by Crippen LogP contribution is -2.45. The van der Waals surface area contributed by atoms with Gasteiger partial charge in [0.25, 0.3) is 5.91 Å². The molecule has 0 radical (unpaired) electrons. The van der Waals surface area contributed by atoms with Crippen LogP contribution >= 0.6 is 0 Å². The minimum Gasteiger partial charge on any atom is -0.344 e. The number of rotatable bonds is 5. The number of hydrogen-bond acceptors (Lipinski definition) is 5. The molecule has 20 heavy (non-hydrogen) atoms. The van der Waals surface area contributed by atoms with Gasteiger partial charge < -0.3 is 15.5 Å². The second-order valence-electron chi connectivity index (χ2n) is 4.94. The summed E-state index contributed by atoms with van der Waals surface area (Å²) in [7, 11) is 1.70. The van der Waals surface area contributed by atoms with Crippen molar-refractivity contribution in [1.29, 1.82) is 0 Å². The number of nitrogens with one attached hydrogen (secondary N) is 2. The van der Waals surface area contributed by atoms with Crippen molar-refractivity contribution in [2.75, 3.05) is 26.7 Å². The second-order valence-corrected chi connectivity index (χ2v) is 4.94. The first kappa shape index (κ1) is 14.4. The fourth-order valence-electron chi connectivity index (χ4n) is 1.84. The normalized spacial score (nSPS) is 16.4. The Morgan fingerprint density at radius 3 is 2.85 bits per heavy atom. The number of nitrogens with zero attached hydrogens (tertiary/aromatic N) is 4. The van der Waals surface area contributed by atoms with Gasteiger partial charge in [-0.1, -0.05) is 5.21 Å². The number of amides is 2. The fourth-order valence-corrected chi connectivity index (χ4v) is 1.84. The molecule has 0 aliphatic carbocycles. The van der Waals surface area contributed by atoms with Crippen molar-refractivity contribution in [3.63, 3.8) is 0 Å². The van der Waals surface area contributed by atoms with E-state index in [4.69, 9.17) is 0 Å². The van der Waals surface area contributed by atoms with Gasteiger partial charge in [0.1, 0.15) is 6.04 Å². The van der Waals surface area contributed by atoms with Crippen molar-refractivity contribution in [2.24, 2.45) is 0 Å². The third-order valence-corrected chi connectivity index (χ3v) is 3.45. The molecule has 1 unspecified atom stereocenters. The van der Waals surface area contributed by atoms with Crippen molar-refractivity contribution >= 4 is 11.8 Å². The molecule has 0 aromatic carbocycles. The molecule has 1 atom stereocenters. The Kier molecular flexibility index (Phi) is 4.33. The van der Waals surface area contributed by atoms with E-state index < -0.39 is 6.04 Å². The maximum absolute atomic E-state index is 12.0. The molecule has 1 fully saturated rings. The minimum absolute atomic E-state index is 0.128. The van der Waals surface area contributed by atoms with Crippen LogP contribution in [-0.4, -0.2) is 64.4 Å². The van der Waals surface area contributed by atoms with E-state index in [2.05, 4.69) is 20.9 Å². The summed E-state index contributed by atoms with van der Waals surface area (Å²) in [6.07, 6.45) is 1.61. The Bertz CT molecular complexity index is 496. The SMILES string of the molecule is CCN(C)C(=O)C(C)NC(=O)c1cn(C2CNC2)nn1. The standard InChI is InChI=1S/C12H20N6O2/c1-4-17(3)12(20)8(2)14-11(19)10-7-18(16-15-10)9-5-13-6-9/h7-9,13H,4-6H2,1-3H3,(H,14,19). The third kappa shape index (κ3) is 2.96. The van der Waals surface area contributed by atoms with Crippen LogP contribution in [0.25, 0.3) is 0 Å². The Labute approximate surface area is 117 Å². The van der Waals surface area contributed by atoms with Crippen LogP contribution < -0.4 is 10.6 Å². The predicted octanol–water partition coefficient (Wildman–Crippen LogP) is -0.981. The topological polar surface area (TPSA) is 92.2 Å². The molecule has 1 saturated heterocycles. The summed E-state index contributed by atoms with van der Waals surface area (Å²) in [6.45, 7) is 5.81. The molecule has 2 amide bonds. The van der Waals surface area contributed by atoms with Gasteiger partial charge in [-0.05, 0) is 13.8 Å². The average molecular weight is 280 g/mol. The zero-order valence-corrected chi connectivity index (χ0v) is 12.0. The summed E-state index contributed by atoms with van der Waals surface area (Å²) in [5.74, 6) is -0.509. The van der Waals surface area contributed by atoms with E-state index in [1.54, 1.807) is 29.7 Å². The maximum atomic E-state index is 12.0. The highest BCUT2D eigenvalue weighted by molar-refractivity contribution is 5.95. The predicted molar refractivity (Wildman–Crippen MR) is 72.2 cm³/mol. The van der Waals surface area contributed by atoms with E-state index in [1.807, 2.05) is 6.92 Å². The summed E-state index contributed by atoms with van der Waals surface area (Å²) >= 11 is 0. The summed E-state index contributed by atoms with van der Waals surface area (Å²) < 4.78 is 1.68. The molecule has 0 bridgehead atoms. The number of aromatic nitrogens is 3. The summed E-state index contributed by atoms with van der Waals surface area (Å²) in [5, 5.41) is 13.5. The Hall–Kier alpha value is -1.96. The lowest BCUT2D eigenvalue weighted by atomic mass is 10.2. The molecule has 1 aromatic rings. The van der Waals surface area contributed by atoms with E-state index in [1.165, 1.54) is 0 Å². The molecule has 1 aliphatic heterocycles. The van der Waals surface area contributed by atoms with Gasteiger partial charge >= 0.3 is 0 Å². The van der Waals surface area contributed by atoms with Crippen molar-refractivity contribution in [2.45, 2.75) is 25.9 Å². The fraction of sp³-hybridized carbons (Fsp3) is 0.667. The van der Waals surface area contributed by atoms with Gasteiger partial charge in [-0.15, -0.1) is 5.10 Å². The molecule has 110 valence electrons. The molecule has 2 rings (SSSR count). The largest absolute Gasteiger partial charge is 0.344 e. The molecule has 8 nitrogen and oxygen atoms in total. The maximum Gasteiger partial charge on any atom is 0.274 e. The van der Waals surface area contributed by atoms with Crippen molar-refractivity contribution in [3.8, 4) is 0 Å². The van der Waals surface area contributed by atoms with E-state index in [0.717, 1.165) is 13.1 Å². The molecule has 1 aliphatic rings. The number of likely N-dealkylation sites (N-methyl/N-ethyl adjacent to an activating group) is 1. The number of hydrogen-bond donors (Lipinski definition) is 2. The van der Waals surface area contributed by atoms with Gasteiger partial charge in [-0.2, -0.15) is 0 Å². The van der Waals surface area contributed by atoms with E-state index in [9.17, 15) is 9.59 Å². The highest BCUT2D eigenvalue weighted by Crippen LogP contribution is 2.09. The number of carbonyl (C=O) groups is 2. The van der Waals surface area contributed by atoms with E-state index >= 15 is 0 Å². The third-order valence-electron chi connectivity index (χ3n) is 3.45. The summed E-state index contributed by atoms with van der Waals surface area (Å²) in [4.78, 5) is 25.4. The van der Waals surface area contributed by atoms with Crippen LogP contribution in [0.3, 0.4) is 0 Å². The molecule has 0 saturated carbocycles. The minimum atomic E-state index is -0.581. The van der Waals surface area contributed by atoms with Gasteiger partial charge in [0.05, 0.1) is 12.2 Å². The average Bonchev–Trinajstić information content (AvgIpc) is 2.84. The van der Waals surface area contributed by atoms with Gasteiger partial charge in [-0.3, -0.25) is 9.59 Å². The van der Waals surface area contributed by atoms with E-state index in [0.29, 0.717) is 6.54 Å². The van der Waals surface area contributed by atoms with Crippen molar-refractivity contribution in [3.05, 3.63) is 11.9 Å². The second kappa shape index (κ2) is 6.00. The van der Waals surface area contributed by atoms with Gasteiger partial charge in [-0.25, -0.2) is 4.68 Å². The van der Waals surface area contributed by atoms with Crippen LogP contribution in [0.1, 0.15) is 30.4 Å². The quantitative estimate of drug-likeness (QED) is 0.723. The highest BCUT2D eigenvalue weighted by atomic mass is 16.2. The van der Waals surface area contributed by atoms with Crippen molar-refractivity contribution < 1.29 is 9.59 Å². The zero-order valence-electron chi connectivity index (χ0n) is 12.0. The lowest BCUT2D eigenvalue weighted by molar-refractivity contribution is -0.131. The molecule has 0 spiro atoms. The van der Waals surface area contributed by atoms with Crippen LogP contribution in [0.5, 0.6) is 0 Å². The van der Waals surface area contributed by atoms with E-state index in [-0.39, 0.29) is 23.6 Å². The molecular weight excluding hydrogens is 260 g/mol. The highest BCUT2D eigenvalue weighted by Gasteiger charge is 2.24. The van der Waals surface area contributed by atoms with Crippen LogP contribution in [0, 0.1) is 0 Å². The lowest BCUT2D eigenvalue weighted by Gasteiger charge is -2.26. The molecule has 2 N–H and O–H groups in total. The van der Waals surface area contributed by atoms with Gasteiger partial charge in [0, 0.05) is 26.7 Å². The Balaban J connectivity index is 1.94. The smallest absolute Gasteiger partial charge is 0.274 e. The molecule has 8 heteroatoms. The first-order chi connectivity index (χ1) is 9.52. The molecule has 1 aromatic heterocycles. The first-order valence-corrected chi connectivity index (χ1v) is 6.71. The van der Waals surface area contributed by atoms with Crippen LogP contribution in [0.15, 0.2) is 6.20 Å². The summed E-state index contributed by atoms with van der Waals surface area (Å²) in [5.41, 5.74) is 0.232.